The molecule has 0 radical (unpaired) electrons. The second kappa shape index (κ2) is 8.77. The standard InChI is InChI=1S/C18H30ClNO/c1-14(2)7-6-12-21-17(13-20-18(3,4)5)15-8-10-16(19)11-9-15/h8-11,14,17,20H,6-7,12-13H2,1-5H3. The predicted molar refractivity (Wildman–Crippen MR) is 92.0 cm³/mol. The van der Waals surface area contributed by atoms with Crippen molar-refractivity contribution in [2.45, 2.75) is 59.1 Å². The Balaban J connectivity index is 2.59. The number of hydrogen-bond acceptors (Lipinski definition) is 2. The Bertz CT molecular complexity index is 395. The van der Waals surface area contributed by atoms with Crippen molar-refractivity contribution in [3.8, 4) is 0 Å². The Morgan fingerprint density at radius 1 is 1.14 bits per heavy atom. The maximum atomic E-state index is 6.11. The number of hydrogen-bond donors (Lipinski definition) is 1. The van der Waals surface area contributed by atoms with Crippen molar-refractivity contribution >= 4 is 11.6 Å². The van der Waals surface area contributed by atoms with Crippen LogP contribution in [0.3, 0.4) is 0 Å². The maximum Gasteiger partial charge on any atom is 0.0949 e. The zero-order chi connectivity index (χ0) is 15.9. The van der Waals surface area contributed by atoms with Gasteiger partial charge >= 0.3 is 0 Å². The molecule has 0 bridgehead atoms. The first-order chi connectivity index (χ1) is 9.78. The Kier molecular flexibility index (Phi) is 7.72. The van der Waals surface area contributed by atoms with E-state index in [0.717, 1.165) is 30.5 Å². The molecule has 0 saturated carbocycles. The summed E-state index contributed by atoms with van der Waals surface area (Å²) in [5.41, 5.74) is 1.27. The van der Waals surface area contributed by atoms with Gasteiger partial charge in [0.15, 0.2) is 0 Å². The SMILES string of the molecule is CC(C)CCCOC(CNC(C)(C)C)c1ccc(Cl)cc1. The van der Waals surface area contributed by atoms with Crippen LogP contribution in [-0.4, -0.2) is 18.7 Å². The molecule has 0 aliphatic heterocycles. The van der Waals surface area contributed by atoms with E-state index in [1.54, 1.807) is 0 Å². The van der Waals surface area contributed by atoms with Gasteiger partial charge in [-0.3, -0.25) is 0 Å². The first kappa shape index (κ1) is 18.5. The third kappa shape index (κ3) is 8.45. The summed E-state index contributed by atoms with van der Waals surface area (Å²) in [5.74, 6) is 0.732. The molecule has 0 amide bonds. The molecule has 0 heterocycles. The topological polar surface area (TPSA) is 21.3 Å². The monoisotopic (exact) mass is 311 g/mol. The van der Waals surface area contributed by atoms with Crippen molar-refractivity contribution in [1.82, 2.24) is 5.32 Å². The molecule has 1 atom stereocenters. The van der Waals surface area contributed by atoms with Gasteiger partial charge in [0.1, 0.15) is 0 Å². The first-order valence-corrected chi connectivity index (χ1v) is 8.28. The molecule has 2 nitrogen and oxygen atoms in total. The van der Waals surface area contributed by atoms with Gasteiger partial charge in [-0.15, -0.1) is 0 Å². The van der Waals surface area contributed by atoms with Crippen LogP contribution in [0.5, 0.6) is 0 Å². The highest BCUT2D eigenvalue weighted by Gasteiger charge is 2.16. The second-order valence-electron chi connectivity index (χ2n) is 7.08. The van der Waals surface area contributed by atoms with E-state index in [-0.39, 0.29) is 11.6 Å². The molecule has 3 heteroatoms. The van der Waals surface area contributed by atoms with Crippen LogP contribution in [0.1, 0.15) is 59.1 Å². The van der Waals surface area contributed by atoms with Crippen LogP contribution >= 0.6 is 11.6 Å². The minimum absolute atomic E-state index is 0.0775. The molecule has 0 spiro atoms. The van der Waals surface area contributed by atoms with Gasteiger partial charge in [0.2, 0.25) is 0 Å². The van der Waals surface area contributed by atoms with Crippen molar-refractivity contribution in [3.63, 3.8) is 0 Å². The summed E-state index contributed by atoms with van der Waals surface area (Å²) in [6, 6.07) is 7.97. The highest BCUT2D eigenvalue weighted by Crippen LogP contribution is 2.21. The number of benzene rings is 1. The van der Waals surface area contributed by atoms with E-state index in [1.807, 2.05) is 12.1 Å². The fourth-order valence-electron chi connectivity index (χ4n) is 2.07. The number of rotatable bonds is 8. The summed E-state index contributed by atoms with van der Waals surface area (Å²) < 4.78 is 6.11. The molecule has 1 aromatic carbocycles. The minimum Gasteiger partial charge on any atom is -0.372 e. The third-order valence-corrected chi connectivity index (χ3v) is 3.56. The Morgan fingerprint density at radius 2 is 1.76 bits per heavy atom. The molecule has 1 aromatic rings. The van der Waals surface area contributed by atoms with Gasteiger partial charge in [0.05, 0.1) is 6.10 Å². The summed E-state index contributed by atoms with van der Waals surface area (Å²) in [5, 5.41) is 4.29. The second-order valence-corrected chi connectivity index (χ2v) is 7.51. The molecule has 1 unspecified atom stereocenters. The van der Waals surface area contributed by atoms with E-state index in [0.29, 0.717) is 0 Å². The van der Waals surface area contributed by atoms with E-state index in [2.05, 4.69) is 52.1 Å². The molecule has 0 aliphatic rings. The van der Waals surface area contributed by atoms with Crippen LogP contribution in [0, 0.1) is 5.92 Å². The minimum atomic E-state index is 0.0775. The van der Waals surface area contributed by atoms with E-state index < -0.39 is 0 Å². The lowest BCUT2D eigenvalue weighted by molar-refractivity contribution is 0.0446. The van der Waals surface area contributed by atoms with Crippen LogP contribution in [0.2, 0.25) is 5.02 Å². The normalized spacial score (nSPS) is 13.7. The van der Waals surface area contributed by atoms with Gasteiger partial charge in [-0.05, 0) is 57.2 Å². The molecule has 1 rings (SSSR count). The number of ether oxygens (including phenoxy) is 1. The lowest BCUT2D eigenvalue weighted by atomic mass is 10.1. The van der Waals surface area contributed by atoms with E-state index in [1.165, 1.54) is 12.0 Å². The molecule has 21 heavy (non-hydrogen) atoms. The summed E-state index contributed by atoms with van der Waals surface area (Å²) >= 11 is 5.97. The van der Waals surface area contributed by atoms with Crippen molar-refractivity contribution in [2.24, 2.45) is 5.92 Å². The van der Waals surface area contributed by atoms with Gasteiger partial charge in [-0.2, -0.15) is 0 Å². The summed E-state index contributed by atoms with van der Waals surface area (Å²) in [4.78, 5) is 0. The van der Waals surface area contributed by atoms with Gasteiger partial charge in [-0.1, -0.05) is 37.6 Å². The van der Waals surface area contributed by atoms with Gasteiger partial charge in [-0.25, -0.2) is 0 Å². The van der Waals surface area contributed by atoms with Gasteiger partial charge in [0.25, 0.3) is 0 Å². The molecular weight excluding hydrogens is 282 g/mol. The molecule has 0 saturated heterocycles. The molecule has 0 aromatic heterocycles. The Hall–Kier alpha value is -0.570. The van der Waals surface area contributed by atoms with Crippen molar-refractivity contribution in [2.75, 3.05) is 13.2 Å². The van der Waals surface area contributed by atoms with E-state index in [9.17, 15) is 0 Å². The third-order valence-electron chi connectivity index (χ3n) is 3.30. The smallest absolute Gasteiger partial charge is 0.0949 e. The highest BCUT2D eigenvalue weighted by atomic mass is 35.5. The van der Waals surface area contributed by atoms with Gasteiger partial charge < -0.3 is 10.1 Å². The fourth-order valence-corrected chi connectivity index (χ4v) is 2.19. The molecule has 0 fully saturated rings. The highest BCUT2D eigenvalue weighted by molar-refractivity contribution is 6.30. The average Bonchev–Trinajstić information content (AvgIpc) is 2.38. The Labute approximate surface area is 135 Å². The maximum absolute atomic E-state index is 6.11. The summed E-state index contributed by atoms with van der Waals surface area (Å²) in [6.45, 7) is 12.6. The van der Waals surface area contributed by atoms with Crippen molar-refractivity contribution in [1.29, 1.82) is 0 Å². The van der Waals surface area contributed by atoms with E-state index in [4.69, 9.17) is 16.3 Å². The van der Waals surface area contributed by atoms with Crippen LogP contribution in [0.15, 0.2) is 24.3 Å². The average molecular weight is 312 g/mol. The van der Waals surface area contributed by atoms with Crippen molar-refractivity contribution < 1.29 is 4.74 Å². The fraction of sp³-hybridized carbons (Fsp3) is 0.667. The quantitative estimate of drug-likeness (QED) is 0.664. The van der Waals surface area contributed by atoms with E-state index >= 15 is 0 Å². The van der Waals surface area contributed by atoms with Crippen LogP contribution in [0.4, 0.5) is 0 Å². The first-order valence-electron chi connectivity index (χ1n) is 7.90. The summed E-state index contributed by atoms with van der Waals surface area (Å²) in [7, 11) is 0. The summed E-state index contributed by atoms with van der Waals surface area (Å²) in [6.07, 6.45) is 2.39. The number of nitrogens with one attached hydrogen (secondary N) is 1. The number of halogens is 1. The van der Waals surface area contributed by atoms with Gasteiger partial charge in [0, 0.05) is 23.7 Å². The van der Waals surface area contributed by atoms with Crippen LogP contribution < -0.4 is 5.32 Å². The lowest BCUT2D eigenvalue weighted by Gasteiger charge is -2.26. The Morgan fingerprint density at radius 3 is 2.29 bits per heavy atom. The zero-order valence-corrected chi connectivity index (χ0v) is 14.8. The lowest BCUT2D eigenvalue weighted by Crippen LogP contribution is -2.39. The van der Waals surface area contributed by atoms with Crippen molar-refractivity contribution in [3.05, 3.63) is 34.9 Å². The predicted octanol–water partition coefficient (Wildman–Crippen LogP) is 5.22. The molecular formula is C18H30ClNO. The zero-order valence-electron chi connectivity index (χ0n) is 14.1. The molecule has 120 valence electrons. The molecule has 0 aliphatic carbocycles. The van der Waals surface area contributed by atoms with Crippen LogP contribution in [-0.2, 0) is 4.74 Å². The largest absolute Gasteiger partial charge is 0.372 e. The van der Waals surface area contributed by atoms with Crippen LogP contribution in [0.25, 0.3) is 0 Å². The molecule has 1 N–H and O–H groups in total.